The monoisotopic (exact) mass is 401 g/mol. The van der Waals surface area contributed by atoms with Crippen LogP contribution in [0.1, 0.15) is 48.5 Å². The van der Waals surface area contributed by atoms with Crippen LogP contribution in [0.4, 0.5) is 5.69 Å². The SMILES string of the molecule is CC(=O)[N+]1=Cc2ccc(-c3ccc(C(=O)N4CCCC4)cc3)cc2N=C(N)C12CC2. The Bertz CT molecular complexity index is 1100. The van der Waals surface area contributed by atoms with Crippen LogP contribution in [0.15, 0.2) is 47.5 Å². The van der Waals surface area contributed by atoms with Gasteiger partial charge in [-0.05, 0) is 48.2 Å². The second-order valence-electron chi connectivity index (χ2n) is 8.40. The van der Waals surface area contributed by atoms with Crippen molar-refractivity contribution in [2.45, 2.75) is 38.1 Å². The van der Waals surface area contributed by atoms with Gasteiger partial charge in [-0.25, -0.2) is 9.79 Å². The number of rotatable bonds is 2. The summed E-state index contributed by atoms with van der Waals surface area (Å²) in [4.78, 5) is 31.4. The lowest BCUT2D eigenvalue weighted by atomic mass is 10.0. The maximum atomic E-state index is 12.6. The Morgan fingerprint density at radius 1 is 1.03 bits per heavy atom. The van der Waals surface area contributed by atoms with Crippen molar-refractivity contribution in [3.05, 3.63) is 53.6 Å². The number of carbonyl (C=O) groups is 2. The fraction of sp³-hybridized carbons (Fsp3) is 0.333. The van der Waals surface area contributed by atoms with Crippen LogP contribution in [0.3, 0.4) is 0 Å². The van der Waals surface area contributed by atoms with Crippen LogP contribution in [0.5, 0.6) is 0 Å². The first kappa shape index (κ1) is 18.7. The van der Waals surface area contributed by atoms with Gasteiger partial charge in [-0.2, -0.15) is 4.58 Å². The maximum Gasteiger partial charge on any atom is 0.384 e. The molecule has 152 valence electrons. The molecule has 5 rings (SSSR count). The van der Waals surface area contributed by atoms with E-state index < -0.39 is 5.54 Å². The zero-order valence-corrected chi connectivity index (χ0v) is 17.1. The van der Waals surface area contributed by atoms with E-state index in [1.54, 1.807) is 11.5 Å². The van der Waals surface area contributed by atoms with Gasteiger partial charge in [-0.3, -0.25) is 4.79 Å². The fourth-order valence-electron chi connectivity index (χ4n) is 4.46. The van der Waals surface area contributed by atoms with Crippen molar-refractivity contribution in [1.29, 1.82) is 0 Å². The molecular formula is C24H25N4O2+. The molecule has 2 N–H and O–H groups in total. The number of hydrogen-bond donors (Lipinski definition) is 1. The highest BCUT2D eigenvalue weighted by Gasteiger charge is 2.60. The zero-order valence-electron chi connectivity index (χ0n) is 17.1. The molecule has 2 amide bonds. The first-order valence-corrected chi connectivity index (χ1v) is 10.5. The van der Waals surface area contributed by atoms with E-state index in [-0.39, 0.29) is 11.8 Å². The number of aliphatic imine (C=N–C) groups is 1. The predicted molar refractivity (Wildman–Crippen MR) is 116 cm³/mol. The lowest BCUT2D eigenvalue weighted by molar-refractivity contribution is -0.477. The Morgan fingerprint density at radius 3 is 2.33 bits per heavy atom. The molecule has 1 saturated heterocycles. The third kappa shape index (κ3) is 3.03. The zero-order chi connectivity index (χ0) is 20.9. The van der Waals surface area contributed by atoms with Gasteiger partial charge in [0.05, 0.1) is 18.2 Å². The van der Waals surface area contributed by atoms with Crippen LogP contribution in [0, 0.1) is 0 Å². The summed E-state index contributed by atoms with van der Waals surface area (Å²) in [6.45, 7) is 3.26. The maximum absolute atomic E-state index is 12.6. The topological polar surface area (TPSA) is 78.8 Å². The van der Waals surface area contributed by atoms with Crippen LogP contribution >= 0.6 is 0 Å². The van der Waals surface area contributed by atoms with E-state index in [1.165, 1.54) is 0 Å². The van der Waals surface area contributed by atoms with Crippen LogP contribution in [-0.4, -0.2) is 52.0 Å². The number of nitrogens with two attached hydrogens (primary N) is 1. The predicted octanol–water partition coefficient (Wildman–Crippen LogP) is 3.10. The van der Waals surface area contributed by atoms with Crippen molar-refractivity contribution in [3.8, 4) is 11.1 Å². The molecule has 2 heterocycles. The van der Waals surface area contributed by atoms with E-state index in [1.807, 2.05) is 53.6 Å². The summed E-state index contributed by atoms with van der Waals surface area (Å²) in [5.74, 6) is 0.573. The van der Waals surface area contributed by atoms with Crippen LogP contribution in [0.25, 0.3) is 11.1 Å². The summed E-state index contributed by atoms with van der Waals surface area (Å²) >= 11 is 0. The summed E-state index contributed by atoms with van der Waals surface area (Å²) in [7, 11) is 0. The van der Waals surface area contributed by atoms with E-state index >= 15 is 0 Å². The Kier molecular flexibility index (Phi) is 4.31. The first-order chi connectivity index (χ1) is 14.5. The van der Waals surface area contributed by atoms with Crippen molar-refractivity contribution in [2.75, 3.05) is 13.1 Å². The van der Waals surface area contributed by atoms with Gasteiger partial charge in [0, 0.05) is 31.5 Å². The molecule has 2 fully saturated rings. The Balaban J connectivity index is 1.47. The van der Waals surface area contributed by atoms with Crippen LogP contribution in [-0.2, 0) is 4.79 Å². The fourth-order valence-corrected chi connectivity index (χ4v) is 4.46. The number of nitrogens with zero attached hydrogens (tertiary/aromatic N) is 3. The van der Waals surface area contributed by atoms with Gasteiger partial charge in [0.1, 0.15) is 0 Å². The highest BCUT2D eigenvalue weighted by molar-refractivity contribution is 6.01. The van der Waals surface area contributed by atoms with E-state index in [9.17, 15) is 9.59 Å². The summed E-state index contributed by atoms with van der Waals surface area (Å²) in [6.07, 6.45) is 5.72. The lowest BCUT2D eigenvalue weighted by Gasteiger charge is -2.15. The molecule has 2 aromatic carbocycles. The van der Waals surface area contributed by atoms with Gasteiger partial charge in [0.15, 0.2) is 12.1 Å². The molecule has 1 aliphatic carbocycles. The molecule has 6 nitrogen and oxygen atoms in total. The summed E-state index contributed by atoms with van der Waals surface area (Å²) in [5, 5.41) is 0. The van der Waals surface area contributed by atoms with Gasteiger partial charge >= 0.3 is 5.91 Å². The molecule has 0 radical (unpaired) electrons. The van der Waals surface area contributed by atoms with E-state index in [4.69, 9.17) is 5.73 Å². The highest BCUT2D eigenvalue weighted by atomic mass is 16.2. The molecule has 0 bridgehead atoms. The number of hydrogen-bond acceptors (Lipinski definition) is 4. The van der Waals surface area contributed by atoms with Crippen molar-refractivity contribution in [2.24, 2.45) is 10.7 Å². The first-order valence-electron chi connectivity index (χ1n) is 10.5. The van der Waals surface area contributed by atoms with Gasteiger partial charge in [-0.15, -0.1) is 0 Å². The summed E-state index contributed by atoms with van der Waals surface area (Å²) < 4.78 is 1.73. The van der Waals surface area contributed by atoms with Gasteiger partial charge < -0.3 is 10.6 Å². The standard InChI is InChI=1S/C24H24N4O2/c1-16(29)28-15-20-9-8-19(14-21(20)26-23(25)24(28)10-11-24)17-4-6-18(7-5-17)22(30)27-12-2-3-13-27/h4-9,14-15,25H,2-3,10-13H2,1H3/p+1. The van der Waals surface area contributed by atoms with E-state index in [0.29, 0.717) is 5.84 Å². The number of carbonyl (C=O) groups excluding carboxylic acids is 2. The summed E-state index contributed by atoms with van der Waals surface area (Å²) in [5.41, 5.74) is 10.2. The minimum absolute atomic E-state index is 0.0270. The number of benzene rings is 2. The second-order valence-corrected chi connectivity index (χ2v) is 8.40. The Hall–Kier alpha value is -3.28. The average molecular weight is 401 g/mol. The third-order valence-corrected chi connectivity index (χ3v) is 6.40. The molecule has 0 unspecified atom stereocenters. The quantitative estimate of drug-likeness (QED) is 0.786. The van der Waals surface area contributed by atoms with Crippen LogP contribution in [0.2, 0.25) is 0 Å². The van der Waals surface area contributed by atoms with Gasteiger partial charge in [-0.1, -0.05) is 18.2 Å². The smallest absolute Gasteiger partial charge is 0.381 e. The lowest BCUT2D eigenvalue weighted by Crippen LogP contribution is -2.43. The Morgan fingerprint density at radius 2 is 1.70 bits per heavy atom. The average Bonchev–Trinajstić information content (AvgIpc) is 3.39. The number of amides is 2. The minimum Gasteiger partial charge on any atom is -0.381 e. The highest BCUT2D eigenvalue weighted by Crippen LogP contribution is 2.42. The van der Waals surface area contributed by atoms with Crippen molar-refractivity contribution < 1.29 is 14.2 Å². The van der Waals surface area contributed by atoms with Crippen molar-refractivity contribution in [1.82, 2.24) is 4.90 Å². The molecule has 3 aliphatic rings. The molecular weight excluding hydrogens is 376 g/mol. The van der Waals surface area contributed by atoms with E-state index in [0.717, 1.165) is 66.7 Å². The van der Waals surface area contributed by atoms with Gasteiger partial charge in [0.25, 0.3) is 5.91 Å². The van der Waals surface area contributed by atoms with Crippen LogP contribution < -0.4 is 5.73 Å². The second kappa shape index (κ2) is 6.90. The minimum atomic E-state index is -0.456. The van der Waals surface area contributed by atoms with Gasteiger partial charge in [0.2, 0.25) is 5.54 Å². The molecule has 0 atom stereocenters. The molecule has 2 aliphatic heterocycles. The Labute approximate surface area is 175 Å². The number of fused-ring (bicyclic) bond motifs is 1. The van der Waals surface area contributed by atoms with Crippen molar-refractivity contribution in [3.63, 3.8) is 0 Å². The molecule has 1 saturated carbocycles. The largest absolute Gasteiger partial charge is 0.384 e. The molecule has 30 heavy (non-hydrogen) atoms. The third-order valence-electron chi connectivity index (χ3n) is 6.40. The molecule has 2 aromatic rings. The molecule has 6 heteroatoms. The molecule has 0 aromatic heterocycles. The normalized spacial score (nSPS) is 19.0. The van der Waals surface area contributed by atoms with E-state index in [2.05, 4.69) is 4.99 Å². The molecule has 1 spiro atoms. The summed E-state index contributed by atoms with van der Waals surface area (Å²) in [6, 6.07) is 13.7. The van der Waals surface area contributed by atoms with Crippen molar-refractivity contribution >= 4 is 29.6 Å². The number of likely N-dealkylation sites (tertiary alicyclic amines) is 1. The number of amidine groups is 1.